The predicted molar refractivity (Wildman–Crippen MR) is 148 cm³/mol. The smallest absolute Gasteiger partial charge is 0.277 e. The van der Waals surface area contributed by atoms with Gasteiger partial charge in [0.25, 0.3) is 5.91 Å². The van der Waals surface area contributed by atoms with E-state index in [0.717, 1.165) is 31.6 Å². The summed E-state index contributed by atoms with van der Waals surface area (Å²) in [7, 11) is 0. The third-order valence-corrected chi connectivity index (χ3v) is 7.52. The van der Waals surface area contributed by atoms with Crippen molar-refractivity contribution < 1.29 is 14.8 Å². The largest absolute Gasteiger partial charge is 0.338 e. The van der Waals surface area contributed by atoms with Crippen LogP contribution in [0.4, 0.5) is 5.95 Å². The van der Waals surface area contributed by atoms with E-state index in [0.29, 0.717) is 32.0 Å². The molecule has 2 aromatic rings. The highest BCUT2D eigenvalue weighted by atomic mass is 16.5. The second-order valence-electron chi connectivity index (χ2n) is 9.95. The fourth-order valence-electron chi connectivity index (χ4n) is 5.24. The molecule has 0 bridgehead atoms. The van der Waals surface area contributed by atoms with Gasteiger partial charge >= 0.3 is 0 Å². The van der Waals surface area contributed by atoms with E-state index in [1.807, 2.05) is 6.07 Å². The SMILES string of the molecule is CCN(CC)CCC(=O)N(CC1=CCC=c2ccccc2=C1)C1CN(c2ncc(C(=O)NO)cn2)CC1C. The van der Waals surface area contributed by atoms with E-state index in [1.54, 1.807) is 5.48 Å². The van der Waals surface area contributed by atoms with Crippen LogP contribution >= 0.6 is 0 Å². The fraction of sp³-hybridized carbons (Fsp3) is 0.448. The molecule has 38 heavy (non-hydrogen) atoms. The Kier molecular flexibility index (Phi) is 9.25. The molecule has 1 fully saturated rings. The summed E-state index contributed by atoms with van der Waals surface area (Å²) in [6, 6.07) is 8.35. The van der Waals surface area contributed by atoms with Crippen molar-refractivity contribution in [3.63, 3.8) is 0 Å². The quantitative estimate of drug-likeness (QED) is 0.364. The number of hydrogen-bond acceptors (Lipinski definition) is 7. The lowest BCUT2D eigenvalue weighted by molar-refractivity contribution is -0.133. The first-order valence-corrected chi connectivity index (χ1v) is 13.4. The molecule has 1 aromatic carbocycles. The number of aromatic nitrogens is 2. The minimum Gasteiger partial charge on any atom is -0.338 e. The van der Waals surface area contributed by atoms with Gasteiger partial charge in [0.1, 0.15) is 0 Å². The molecule has 2 unspecified atom stereocenters. The number of allylic oxidation sites excluding steroid dienone is 1. The van der Waals surface area contributed by atoms with E-state index >= 15 is 0 Å². The molecule has 2 heterocycles. The average molecular weight is 519 g/mol. The summed E-state index contributed by atoms with van der Waals surface area (Å²) < 4.78 is 0. The number of rotatable bonds is 10. The van der Waals surface area contributed by atoms with Crippen molar-refractivity contribution in [3.8, 4) is 0 Å². The van der Waals surface area contributed by atoms with Gasteiger partial charge < -0.3 is 14.7 Å². The Hall–Kier alpha value is -3.56. The third kappa shape index (κ3) is 6.46. The zero-order chi connectivity index (χ0) is 27.1. The third-order valence-electron chi connectivity index (χ3n) is 7.52. The lowest BCUT2D eigenvalue weighted by Gasteiger charge is -2.32. The first kappa shape index (κ1) is 27.5. The molecule has 2 atom stereocenters. The van der Waals surface area contributed by atoms with E-state index in [2.05, 4.69) is 81.9 Å². The van der Waals surface area contributed by atoms with E-state index < -0.39 is 5.91 Å². The fourth-order valence-corrected chi connectivity index (χ4v) is 5.24. The molecule has 2 amide bonds. The van der Waals surface area contributed by atoms with Crippen LogP contribution in [0.1, 0.15) is 44.0 Å². The number of hydroxylamine groups is 1. The first-order valence-electron chi connectivity index (χ1n) is 13.4. The van der Waals surface area contributed by atoms with Crippen LogP contribution < -0.4 is 20.8 Å². The predicted octanol–water partition coefficient (Wildman–Crippen LogP) is 1.57. The van der Waals surface area contributed by atoms with Gasteiger partial charge in [-0.25, -0.2) is 15.4 Å². The lowest BCUT2D eigenvalue weighted by atomic mass is 10.0. The Morgan fingerprint density at radius 3 is 2.47 bits per heavy atom. The summed E-state index contributed by atoms with van der Waals surface area (Å²) >= 11 is 0. The molecule has 1 aromatic heterocycles. The summed E-state index contributed by atoms with van der Waals surface area (Å²) in [4.78, 5) is 40.5. The summed E-state index contributed by atoms with van der Waals surface area (Å²) in [6.07, 6.45) is 10.8. The van der Waals surface area contributed by atoms with Crippen LogP contribution in [0, 0.1) is 5.92 Å². The maximum absolute atomic E-state index is 13.7. The van der Waals surface area contributed by atoms with Crippen LogP contribution in [0.3, 0.4) is 0 Å². The van der Waals surface area contributed by atoms with Gasteiger partial charge in [0.15, 0.2) is 0 Å². The van der Waals surface area contributed by atoms with Crippen molar-refractivity contribution in [1.29, 1.82) is 0 Å². The van der Waals surface area contributed by atoms with Crippen molar-refractivity contribution in [3.05, 3.63) is 64.3 Å². The van der Waals surface area contributed by atoms with Gasteiger partial charge in [-0.15, -0.1) is 0 Å². The van der Waals surface area contributed by atoms with Gasteiger partial charge in [0.05, 0.1) is 11.6 Å². The number of carbonyl (C=O) groups excluding carboxylic acids is 2. The highest BCUT2D eigenvalue weighted by Crippen LogP contribution is 2.26. The van der Waals surface area contributed by atoms with Crippen molar-refractivity contribution in [2.75, 3.05) is 44.2 Å². The molecule has 2 aliphatic rings. The molecular weight excluding hydrogens is 480 g/mol. The number of hydrogen-bond donors (Lipinski definition) is 2. The number of carbonyl (C=O) groups is 2. The summed E-state index contributed by atoms with van der Waals surface area (Å²) in [5.74, 6) is 0.220. The Morgan fingerprint density at radius 1 is 1.08 bits per heavy atom. The van der Waals surface area contributed by atoms with Crippen molar-refractivity contribution in [1.82, 2.24) is 25.2 Å². The van der Waals surface area contributed by atoms with Gasteiger partial charge in [-0.2, -0.15) is 0 Å². The molecule has 0 radical (unpaired) electrons. The van der Waals surface area contributed by atoms with Crippen molar-refractivity contribution in [2.45, 2.75) is 39.7 Å². The van der Waals surface area contributed by atoms with Crippen molar-refractivity contribution >= 4 is 29.9 Å². The topological polar surface area (TPSA) is 102 Å². The van der Waals surface area contributed by atoms with Crippen molar-refractivity contribution in [2.24, 2.45) is 5.92 Å². The maximum Gasteiger partial charge on any atom is 0.277 e. The molecular formula is C29H38N6O3. The first-order chi connectivity index (χ1) is 18.4. The summed E-state index contributed by atoms with van der Waals surface area (Å²) in [5.41, 5.74) is 2.92. The minimum absolute atomic E-state index is 0.00000331. The molecule has 1 saturated heterocycles. The monoisotopic (exact) mass is 518 g/mol. The Labute approximate surface area is 224 Å². The highest BCUT2D eigenvalue weighted by Gasteiger charge is 2.37. The van der Waals surface area contributed by atoms with E-state index in [9.17, 15) is 9.59 Å². The zero-order valence-corrected chi connectivity index (χ0v) is 22.5. The van der Waals surface area contributed by atoms with Gasteiger partial charge in [-0.05, 0) is 47.5 Å². The average Bonchev–Trinajstić information content (AvgIpc) is 3.20. The second kappa shape index (κ2) is 12.8. The molecule has 9 nitrogen and oxygen atoms in total. The molecule has 0 saturated carbocycles. The normalized spacial score (nSPS) is 18.7. The highest BCUT2D eigenvalue weighted by molar-refractivity contribution is 5.92. The lowest BCUT2D eigenvalue weighted by Crippen LogP contribution is -2.46. The van der Waals surface area contributed by atoms with Crippen LogP contribution in [0.15, 0.2) is 48.3 Å². The summed E-state index contributed by atoms with van der Waals surface area (Å²) in [5, 5.41) is 11.2. The Morgan fingerprint density at radius 2 is 1.79 bits per heavy atom. The Balaban J connectivity index is 1.56. The summed E-state index contributed by atoms with van der Waals surface area (Å²) in [6.45, 7) is 10.9. The number of nitrogens with zero attached hydrogens (tertiary/aromatic N) is 5. The molecule has 9 heteroatoms. The molecule has 202 valence electrons. The molecule has 4 rings (SSSR count). The van der Waals surface area contributed by atoms with E-state index in [4.69, 9.17) is 5.21 Å². The number of nitrogens with one attached hydrogen (secondary N) is 1. The van der Waals surface area contributed by atoms with Gasteiger partial charge in [-0.3, -0.25) is 14.8 Å². The van der Waals surface area contributed by atoms with Crippen LogP contribution in [-0.4, -0.2) is 82.1 Å². The molecule has 1 aliphatic carbocycles. The van der Waals surface area contributed by atoms with Gasteiger partial charge in [0.2, 0.25) is 11.9 Å². The number of amides is 2. The standard InChI is InChI=1S/C29H38N6O3/c1-4-33(5-2)14-13-27(36)35(19-22-9-8-12-23-10-6-7-11-24(23)15-22)26-20-34(18-21(26)3)29-30-16-25(17-31-29)28(37)32-38/h6-7,9-12,15-17,21,26,38H,4-5,8,13-14,18-20H2,1-3H3,(H,32,37). The number of benzene rings is 1. The number of fused-ring (bicyclic) bond motifs is 1. The van der Waals surface area contributed by atoms with Crippen LogP contribution in [0.2, 0.25) is 0 Å². The van der Waals surface area contributed by atoms with Gasteiger partial charge in [0, 0.05) is 45.0 Å². The second-order valence-corrected chi connectivity index (χ2v) is 9.95. The Bertz CT molecular complexity index is 1270. The van der Waals surface area contributed by atoms with Crippen LogP contribution in [0.5, 0.6) is 0 Å². The van der Waals surface area contributed by atoms with E-state index in [-0.39, 0.29) is 23.4 Å². The number of anilines is 1. The maximum atomic E-state index is 13.7. The molecule has 1 aliphatic heterocycles. The van der Waals surface area contributed by atoms with Crippen LogP contribution in [0.25, 0.3) is 12.2 Å². The van der Waals surface area contributed by atoms with Crippen LogP contribution in [-0.2, 0) is 4.79 Å². The van der Waals surface area contributed by atoms with Gasteiger partial charge in [-0.1, -0.05) is 57.2 Å². The minimum atomic E-state index is -0.652. The molecule has 2 N–H and O–H groups in total. The molecule has 0 spiro atoms. The zero-order valence-electron chi connectivity index (χ0n) is 22.5. The van der Waals surface area contributed by atoms with E-state index in [1.165, 1.54) is 22.8 Å².